The van der Waals surface area contributed by atoms with Gasteiger partial charge >= 0.3 is 6.18 Å². The zero-order valence-corrected chi connectivity index (χ0v) is 16.2. The molecule has 2 aromatic carbocycles. The van der Waals surface area contributed by atoms with Gasteiger partial charge in [0.15, 0.2) is 4.34 Å². The smallest absolute Gasteiger partial charge is 0.280 e. The van der Waals surface area contributed by atoms with E-state index in [1.54, 1.807) is 12.1 Å². The summed E-state index contributed by atoms with van der Waals surface area (Å²) < 4.78 is 67.6. The van der Waals surface area contributed by atoms with E-state index in [2.05, 4.69) is 9.71 Å². The van der Waals surface area contributed by atoms with Crippen LogP contribution in [0.15, 0.2) is 45.6 Å². The van der Waals surface area contributed by atoms with Crippen molar-refractivity contribution in [2.75, 3.05) is 11.0 Å². The second-order valence-electron chi connectivity index (χ2n) is 5.11. The Morgan fingerprint density at radius 2 is 1.92 bits per heavy atom. The Morgan fingerprint density at radius 1 is 1.19 bits per heavy atom. The lowest BCUT2D eigenvalue weighted by atomic mass is 10.2. The first-order chi connectivity index (χ1) is 12.1. The Balaban J connectivity index is 1.96. The molecule has 0 spiro atoms. The maximum atomic E-state index is 12.9. The number of aromatic nitrogens is 1. The Morgan fingerprint density at radius 3 is 2.58 bits per heavy atom. The second-order valence-corrected chi connectivity index (χ2v) is 9.28. The number of nitrogens with one attached hydrogen (secondary N) is 1. The van der Waals surface area contributed by atoms with Gasteiger partial charge in [0.1, 0.15) is 0 Å². The molecule has 0 fully saturated rings. The lowest BCUT2D eigenvalue weighted by Crippen LogP contribution is -2.15. The highest BCUT2D eigenvalue weighted by Crippen LogP contribution is 2.36. The minimum atomic E-state index is -4.75. The fourth-order valence-corrected chi connectivity index (χ4v) is 4.99. The van der Waals surface area contributed by atoms with Gasteiger partial charge in [-0.1, -0.05) is 23.4 Å². The average Bonchev–Trinajstić information content (AvgIpc) is 2.96. The predicted octanol–water partition coefficient (Wildman–Crippen LogP) is 5.49. The molecule has 3 rings (SSSR count). The Hall–Kier alpha value is -1.49. The third kappa shape index (κ3) is 3.93. The summed E-state index contributed by atoms with van der Waals surface area (Å²) in [5, 5.41) is -0.563. The number of rotatable bonds is 4. The van der Waals surface area contributed by atoms with Crippen LogP contribution in [0.5, 0.6) is 0 Å². The van der Waals surface area contributed by atoms with Gasteiger partial charge in [0.2, 0.25) is 0 Å². The lowest BCUT2D eigenvalue weighted by Gasteiger charge is -2.12. The van der Waals surface area contributed by atoms with Crippen molar-refractivity contribution in [3.8, 4) is 0 Å². The van der Waals surface area contributed by atoms with E-state index in [4.69, 9.17) is 11.6 Å². The molecule has 1 N–H and O–H groups in total. The molecule has 0 aliphatic carbocycles. The van der Waals surface area contributed by atoms with Crippen molar-refractivity contribution in [2.24, 2.45) is 0 Å². The highest BCUT2D eigenvalue weighted by atomic mass is 35.5. The maximum absolute atomic E-state index is 12.9. The topological polar surface area (TPSA) is 59.1 Å². The molecule has 0 bridgehead atoms. The van der Waals surface area contributed by atoms with Gasteiger partial charge in [0, 0.05) is 0 Å². The minimum Gasteiger partial charge on any atom is -0.280 e. The first-order valence-corrected chi connectivity index (χ1v) is 10.8. The third-order valence-corrected chi connectivity index (χ3v) is 7.06. The quantitative estimate of drug-likeness (QED) is 0.547. The summed E-state index contributed by atoms with van der Waals surface area (Å²) in [6.45, 7) is 0. The van der Waals surface area contributed by atoms with Crippen LogP contribution in [0.4, 0.5) is 18.9 Å². The van der Waals surface area contributed by atoms with Crippen molar-refractivity contribution in [1.29, 1.82) is 0 Å². The fraction of sp³-hybridized carbons (Fsp3) is 0.133. The molecule has 0 radical (unpaired) electrons. The average molecular weight is 439 g/mol. The fourth-order valence-electron chi connectivity index (χ4n) is 2.16. The number of fused-ring (bicyclic) bond motifs is 1. The highest BCUT2D eigenvalue weighted by molar-refractivity contribution is 8.00. The van der Waals surface area contributed by atoms with Crippen LogP contribution < -0.4 is 4.72 Å². The van der Waals surface area contributed by atoms with E-state index in [9.17, 15) is 21.6 Å². The Bertz CT molecular complexity index is 1080. The van der Waals surface area contributed by atoms with Gasteiger partial charge < -0.3 is 0 Å². The Labute approximate surface area is 160 Å². The molecule has 1 heterocycles. The number of sulfonamides is 1. The van der Waals surface area contributed by atoms with E-state index in [-0.39, 0.29) is 5.69 Å². The number of hydrogen-bond donors (Lipinski definition) is 1. The molecule has 26 heavy (non-hydrogen) atoms. The van der Waals surface area contributed by atoms with Crippen molar-refractivity contribution in [1.82, 2.24) is 4.98 Å². The molecular weight excluding hydrogens is 429 g/mol. The molecule has 0 aliphatic heterocycles. The molecule has 0 saturated carbocycles. The summed E-state index contributed by atoms with van der Waals surface area (Å²) in [4.78, 5) is 3.82. The van der Waals surface area contributed by atoms with Crippen LogP contribution in [0.3, 0.4) is 0 Å². The number of nitrogens with zero attached hydrogens (tertiary/aromatic N) is 1. The maximum Gasteiger partial charge on any atom is 0.417 e. The zero-order chi connectivity index (χ0) is 19.1. The Kier molecular flexibility index (Phi) is 5.13. The number of anilines is 1. The molecule has 0 unspecified atom stereocenters. The lowest BCUT2D eigenvalue weighted by molar-refractivity contribution is -0.137. The molecule has 0 saturated heterocycles. The molecule has 0 aliphatic rings. The van der Waals surface area contributed by atoms with Gasteiger partial charge in [0.05, 0.1) is 31.4 Å². The van der Waals surface area contributed by atoms with Gasteiger partial charge in [-0.2, -0.15) is 13.2 Å². The van der Waals surface area contributed by atoms with Crippen LogP contribution in [-0.4, -0.2) is 19.7 Å². The summed E-state index contributed by atoms with van der Waals surface area (Å²) in [6, 6.07) is 7.19. The summed E-state index contributed by atoms with van der Waals surface area (Å²) in [7, 11) is -4.21. The first kappa shape index (κ1) is 19.3. The standard InChI is InChI=1S/C15H10ClF3N2O2S3/c1-24-14-20-12-5-2-8(6-13(12)25-14)21-26(22,23)9-3-4-11(16)10(7-9)15(17,18)19/h2-7,21H,1H3. The van der Waals surface area contributed by atoms with E-state index >= 15 is 0 Å². The van der Waals surface area contributed by atoms with Crippen LogP contribution in [0.25, 0.3) is 10.2 Å². The monoisotopic (exact) mass is 438 g/mol. The van der Waals surface area contributed by atoms with Gasteiger partial charge in [-0.05, 0) is 42.7 Å². The minimum absolute atomic E-state index is 0.234. The molecule has 4 nitrogen and oxygen atoms in total. The molecule has 3 aromatic rings. The molecule has 0 amide bonds. The number of thioether (sulfide) groups is 1. The summed E-state index contributed by atoms with van der Waals surface area (Å²) >= 11 is 8.39. The molecule has 1 aromatic heterocycles. The summed E-state index contributed by atoms with van der Waals surface area (Å²) in [5.41, 5.74) is -0.255. The third-order valence-electron chi connectivity index (χ3n) is 3.35. The van der Waals surface area contributed by atoms with Crippen LogP contribution in [0, 0.1) is 0 Å². The number of halogens is 4. The number of alkyl halides is 3. The summed E-state index contributed by atoms with van der Waals surface area (Å²) in [6.07, 6.45) is -2.88. The predicted molar refractivity (Wildman–Crippen MR) is 98.7 cm³/mol. The van der Waals surface area contributed by atoms with Crippen molar-refractivity contribution >= 4 is 60.6 Å². The normalized spacial score (nSPS) is 12.5. The SMILES string of the molecule is CSc1nc2ccc(NS(=O)(=O)c3ccc(Cl)c(C(F)(F)F)c3)cc2s1. The number of thiazole rings is 1. The second kappa shape index (κ2) is 6.91. The number of hydrogen-bond acceptors (Lipinski definition) is 5. The van der Waals surface area contributed by atoms with E-state index in [0.29, 0.717) is 11.6 Å². The van der Waals surface area contributed by atoms with E-state index in [1.807, 2.05) is 6.26 Å². The van der Waals surface area contributed by atoms with Gasteiger partial charge in [-0.25, -0.2) is 13.4 Å². The van der Waals surface area contributed by atoms with Crippen LogP contribution in [0.1, 0.15) is 5.56 Å². The first-order valence-electron chi connectivity index (χ1n) is 6.94. The molecular formula is C15H10ClF3N2O2S3. The van der Waals surface area contributed by atoms with Crippen LogP contribution in [-0.2, 0) is 16.2 Å². The highest BCUT2D eigenvalue weighted by Gasteiger charge is 2.34. The summed E-state index contributed by atoms with van der Waals surface area (Å²) in [5.74, 6) is 0. The zero-order valence-electron chi connectivity index (χ0n) is 13.0. The molecule has 0 atom stereocenters. The van der Waals surface area contributed by atoms with Crippen molar-refractivity contribution < 1.29 is 21.6 Å². The van der Waals surface area contributed by atoms with Crippen molar-refractivity contribution in [3.05, 3.63) is 47.0 Å². The van der Waals surface area contributed by atoms with Gasteiger partial charge in [-0.15, -0.1) is 11.3 Å². The van der Waals surface area contributed by atoms with E-state index in [0.717, 1.165) is 21.2 Å². The van der Waals surface area contributed by atoms with Crippen molar-refractivity contribution in [2.45, 2.75) is 15.4 Å². The largest absolute Gasteiger partial charge is 0.417 e. The van der Waals surface area contributed by atoms with Crippen molar-refractivity contribution in [3.63, 3.8) is 0 Å². The van der Waals surface area contributed by atoms with E-state index < -0.39 is 31.7 Å². The van der Waals surface area contributed by atoms with Crippen LogP contribution in [0.2, 0.25) is 5.02 Å². The van der Waals surface area contributed by atoms with Gasteiger partial charge in [0.25, 0.3) is 10.0 Å². The number of benzene rings is 2. The molecule has 138 valence electrons. The van der Waals surface area contributed by atoms with Gasteiger partial charge in [-0.3, -0.25) is 4.72 Å². The molecule has 11 heteroatoms. The van der Waals surface area contributed by atoms with E-state index in [1.165, 1.54) is 29.2 Å². The van der Waals surface area contributed by atoms with Crippen LogP contribution >= 0.6 is 34.7 Å².